The Morgan fingerprint density at radius 1 is 0.935 bits per heavy atom. The second-order valence-electron chi connectivity index (χ2n) is 12.0. The number of piperidine rings is 2. The van der Waals surface area contributed by atoms with Gasteiger partial charge in [-0.15, -0.1) is 12.3 Å². The lowest BCUT2D eigenvalue weighted by Crippen LogP contribution is -2.66. The predicted octanol–water partition coefficient (Wildman–Crippen LogP) is 4.23. The Labute approximate surface area is 189 Å². The zero-order valence-electron chi connectivity index (χ0n) is 20.8. The number of carbonyl (C=O) groups is 1. The number of unbranched alkanes of at least 4 members (excludes halogenated alkanes) is 1. The van der Waals surface area contributed by atoms with Gasteiger partial charge in [0, 0.05) is 47.2 Å². The Morgan fingerprint density at radius 2 is 1.35 bits per heavy atom. The largest absolute Gasteiger partial charge is 0.335 e. The van der Waals surface area contributed by atoms with Crippen molar-refractivity contribution in [1.82, 2.24) is 20.3 Å². The first kappa shape index (κ1) is 25.9. The fraction of sp³-hybridized carbons (Fsp3) is 0.875. The minimum Gasteiger partial charge on any atom is -0.335 e. The van der Waals surface area contributed by atoms with Gasteiger partial charge >= 0.3 is 6.03 Å². The molecule has 2 amide bonds. The summed E-state index contributed by atoms with van der Waals surface area (Å²) in [6, 6.07) is -0.108. The molecule has 0 radical (unpaired) electrons. The molecule has 2 heterocycles. The van der Waals surface area contributed by atoms with E-state index in [4.69, 9.17) is 6.42 Å². The number of urea groups is 1. The maximum atomic E-state index is 13.5. The summed E-state index contributed by atoms with van der Waals surface area (Å²) in [5.41, 5.74) is -1.74. The average Bonchev–Trinajstić information content (AvgIpc) is 2.60. The lowest BCUT2D eigenvalue weighted by molar-refractivity contribution is -0.250. The second-order valence-corrected chi connectivity index (χ2v) is 12.0. The number of nitrogens with one attached hydrogen (secondary N) is 1. The smallest absolute Gasteiger partial charge is 0.317 e. The molecule has 0 aromatic rings. The van der Waals surface area contributed by atoms with Gasteiger partial charge in [0.2, 0.25) is 0 Å². The number of amides is 2. The number of carbonyl (C=O) groups excluding carboxylic acids is 1. The molecule has 0 aromatic carbocycles. The van der Waals surface area contributed by atoms with Gasteiger partial charge < -0.3 is 20.6 Å². The first-order chi connectivity index (χ1) is 14.0. The van der Waals surface area contributed by atoms with E-state index < -0.39 is 22.2 Å². The van der Waals surface area contributed by atoms with E-state index in [0.717, 1.165) is 6.42 Å². The standard InChI is InChI=1S/C24H44N4O3/c1-10-11-12-13-26(19-16-23(6,7)28(31)24(8,9)17-19)20(29)25-18-14-21(2,3)27(30)22(4,5)15-18/h1,18-19,30-31H,11-17H2,2-9H3,(H,25,29). The monoisotopic (exact) mass is 436 g/mol. The van der Waals surface area contributed by atoms with Crippen molar-refractivity contribution in [3.8, 4) is 12.3 Å². The summed E-state index contributed by atoms with van der Waals surface area (Å²) in [4.78, 5) is 15.5. The molecule has 31 heavy (non-hydrogen) atoms. The molecule has 2 fully saturated rings. The van der Waals surface area contributed by atoms with Gasteiger partial charge in [0.15, 0.2) is 0 Å². The van der Waals surface area contributed by atoms with Gasteiger partial charge in [-0.2, -0.15) is 10.1 Å². The highest BCUT2D eigenvalue weighted by atomic mass is 16.5. The van der Waals surface area contributed by atoms with Gasteiger partial charge in [-0.1, -0.05) is 0 Å². The summed E-state index contributed by atoms with van der Waals surface area (Å²) >= 11 is 0. The Kier molecular flexibility index (Phi) is 7.44. The fourth-order valence-electron chi connectivity index (χ4n) is 5.87. The van der Waals surface area contributed by atoms with Gasteiger partial charge in [-0.25, -0.2) is 4.79 Å². The van der Waals surface area contributed by atoms with Crippen LogP contribution in [0, 0.1) is 12.3 Å². The number of hydrogen-bond donors (Lipinski definition) is 3. The molecule has 0 unspecified atom stereocenters. The predicted molar refractivity (Wildman–Crippen MR) is 123 cm³/mol. The molecule has 7 heteroatoms. The van der Waals surface area contributed by atoms with Gasteiger partial charge in [0.05, 0.1) is 0 Å². The van der Waals surface area contributed by atoms with Crippen LogP contribution in [0.25, 0.3) is 0 Å². The van der Waals surface area contributed by atoms with E-state index in [9.17, 15) is 15.2 Å². The van der Waals surface area contributed by atoms with Crippen molar-refractivity contribution in [2.24, 2.45) is 0 Å². The average molecular weight is 437 g/mol. The van der Waals surface area contributed by atoms with E-state index >= 15 is 0 Å². The third-order valence-corrected chi connectivity index (χ3v) is 7.01. The van der Waals surface area contributed by atoms with Crippen LogP contribution in [0.2, 0.25) is 0 Å². The summed E-state index contributed by atoms with van der Waals surface area (Å²) < 4.78 is 0. The Bertz CT molecular complexity index is 659. The number of hydroxylamine groups is 4. The molecule has 0 bridgehead atoms. The van der Waals surface area contributed by atoms with Crippen molar-refractivity contribution >= 4 is 6.03 Å². The molecule has 0 atom stereocenters. The van der Waals surface area contributed by atoms with Crippen molar-refractivity contribution in [2.45, 2.75) is 128 Å². The molecular weight excluding hydrogens is 392 g/mol. The molecule has 3 N–H and O–H groups in total. The number of hydrogen-bond acceptors (Lipinski definition) is 5. The van der Waals surface area contributed by atoms with E-state index in [1.54, 1.807) is 0 Å². The molecule has 0 spiro atoms. The number of terminal acetylenes is 1. The molecule has 2 saturated heterocycles. The maximum Gasteiger partial charge on any atom is 0.317 e. The van der Waals surface area contributed by atoms with Gasteiger partial charge in [-0.3, -0.25) is 0 Å². The summed E-state index contributed by atoms with van der Waals surface area (Å²) in [7, 11) is 0. The quantitative estimate of drug-likeness (QED) is 0.444. The second kappa shape index (κ2) is 8.90. The van der Waals surface area contributed by atoms with E-state index in [2.05, 4.69) is 11.2 Å². The van der Waals surface area contributed by atoms with Crippen LogP contribution < -0.4 is 5.32 Å². The van der Waals surface area contributed by atoms with Gasteiger partial charge in [0.25, 0.3) is 0 Å². The lowest BCUT2D eigenvalue weighted by Gasteiger charge is -2.54. The van der Waals surface area contributed by atoms with Crippen molar-refractivity contribution in [2.75, 3.05) is 6.54 Å². The van der Waals surface area contributed by atoms with Crippen LogP contribution in [-0.2, 0) is 0 Å². The first-order valence-electron chi connectivity index (χ1n) is 11.5. The zero-order valence-corrected chi connectivity index (χ0v) is 20.8. The van der Waals surface area contributed by atoms with Crippen molar-refractivity contribution in [3.05, 3.63) is 0 Å². The zero-order chi connectivity index (χ0) is 23.8. The summed E-state index contributed by atoms with van der Waals surface area (Å²) in [5.74, 6) is 2.67. The molecule has 7 nitrogen and oxygen atoms in total. The highest BCUT2D eigenvalue weighted by molar-refractivity contribution is 5.75. The van der Waals surface area contributed by atoms with Crippen LogP contribution in [0.5, 0.6) is 0 Å². The minimum atomic E-state index is -0.441. The summed E-state index contributed by atoms with van der Waals surface area (Å²) in [6.45, 7) is 16.6. The molecule has 0 saturated carbocycles. The van der Waals surface area contributed by atoms with E-state index in [-0.39, 0.29) is 18.1 Å². The SMILES string of the molecule is C#CCCCN(C(=O)NC1CC(C)(C)N(O)C(C)(C)C1)C1CC(C)(C)N(O)C(C)(C)C1. The van der Waals surface area contributed by atoms with E-state index in [1.165, 1.54) is 10.1 Å². The molecule has 2 rings (SSSR count). The Morgan fingerprint density at radius 3 is 1.77 bits per heavy atom. The van der Waals surface area contributed by atoms with Gasteiger partial charge in [0.1, 0.15) is 0 Å². The molecule has 2 aliphatic heterocycles. The highest BCUT2D eigenvalue weighted by Crippen LogP contribution is 2.40. The van der Waals surface area contributed by atoms with Crippen LogP contribution in [0.15, 0.2) is 0 Å². The molecular formula is C24H44N4O3. The van der Waals surface area contributed by atoms with Crippen molar-refractivity contribution in [1.29, 1.82) is 0 Å². The minimum absolute atomic E-state index is 0.00475. The Balaban J connectivity index is 2.22. The van der Waals surface area contributed by atoms with Crippen molar-refractivity contribution < 1.29 is 15.2 Å². The van der Waals surface area contributed by atoms with Crippen LogP contribution in [0.3, 0.4) is 0 Å². The summed E-state index contributed by atoms with van der Waals surface area (Å²) in [6.07, 6.45) is 9.53. The summed E-state index contributed by atoms with van der Waals surface area (Å²) in [5, 5.41) is 27.4. The van der Waals surface area contributed by atoms with Gasteiger partial charge in [-0.05, 0) is 87.5 Å². The molecule has 2 aliphatic rings. The third kappa shape index (κ3) is 5.73. The Hall–Kier alpha value is -1.33. The molecule has 0 aliphatic carbocycles. The number of rotatable bonds is 5. The topological polar surface area (TPSA) is 79.3 Å². The normalized spacial score (nSPS) is 26.2. The van der Waals surface area contributed by atoms with E-state index in [1.807, 2.05) is 60.3 Å². The van der Waals surface area contributed by atoms with Crippen LogP contribution in [0.1, 0.15) is 93.9 Å². The fourth-order valence-corrected chi connectivity index (χ4v) is 5.87. The maximum absolute atomic E-state index is 13.5. The van der Waals surface area contributed by atoms with Crippen LogP contribution >= 0.6 is 0 Å². The lowest BCUT2D eigenvalue weighted by atomic mass is 9.78. The van der Waals surface area contributed by atoms with E-state index in [0.29, 0.717) is 38.6 Å². The van der Waals surface area contributed by atoms with Crippen molar-refractivity contribution in [3.63, 3.8) is 0 Å². The van der Waals surface area contributed by atoms with Crippen LogP contribution in [-0.4, -0.2) is 72.3 Å². The first-order valence-corrected chi connectivity index (χ1v) is 11.5. The highest BCUT2D eigenvalue weighted by Gasteiger charge is 2.49. The van der Waals surface area contributed by atoms with Crippen LogP contribution in [0.4, 0.5) is 4.79 Å². The third-order valence-electron chi connectivity index (χ3n) is 7.01. The molecule has 178 valence electrons. The molecule has 0 aromatic heterocycles. The number of nitrogens with zero attached hydrogens (tertiary/aromatic N) is 3.